The number of nitrogens with zero attached hydrogens (tertiary/aromatic N) is 1. The molecule has 0 bridgehead atoms. The van der Waals surface area contributed by atoms with Crippen molar-refractivity contribution >= 4 is 5.91 Å². The van der Waals surface area contributed by atoms with Crippen LogP contribution in [-0.2, 0) is 9.53 Å². The molecular formula is C20H32N2O4. The molecule has 6 heteroatoms. The van der Waals surface area contributed by atoms with Crippen molar-refractivity contribution in [2.24, 2.45) is 5.92 Å². The number of benzene rings is 1. The first-order valence-corrected chi connectivity index (χ1v) is 9.44. The average Bonchev–Trinajstić information content (AvgIpc) is 2.64. The summed E-state index contributed by atoms with van der Waals surface area (Å²) in [6, 6.07) is 7.44. The lowest BCUT2D eigenvalue weighted by Gasteiger charge is -2.33. The highest BCUT2D eigenvalue weighted by atomic mass is 16.5. The summed E-state index contributed by atoms with van der Waals surface area (Å²) in [5.41, 5.74) is 0. The van der Waals surface area contributed by atoms with Gasteiger partial charge in [-0.25, -0.2) is 0 Å². The van der Waals surface area contributed by atoms with E-state index in [4.69, 9.17) is 14.2 Å². The molecule has 1 amide bonds. The van der Waals surface area contributed by atoms with E-state index in [-0.39, 0.29) is 12.0 Å². The summed E-state index contributed by atoms with van der Waals surface area (Å²) in [5, 5.41) is 2.98. The zero-order valence-electron chi connectivity index (χ0n) is 16.2. The lowest BCUT2D eigenvalue weighted by atomic mass is 10.2. The van der Waals surface area contributed by atoms with Crippen molar-refractivity contribution in [1.29, 1.82) is 0 Å². The van der Waals surface area contributed by atoms with E-state index in [9.17, 15) is 4.79 Å². The molecule has 1 atom stereocenters. The highest BCUT2D eigenvalue weighted by Gasteiger charge is 2.21. The molecule has 0 aliphatic carbocycles. The Labute approximate surface area is 156 Å². The number of hydrogen-bond acceptors (Lipinski definition) is 5. The molecule has 26 heavy (non-hydrogen) atoms. The summed E-state index contributed by atoms with van der Waals surface area (Å²) in [5.74, 6) is 2.28. The van der Waals surface area contributed by atoms with Gasteiger partial charge in [-0.15, -0.1) is 0 Å². The highest BCUT2D eigenvalue weighted by Crippen LogP contribution is 2.17. The molecule has 0 spiro atoms. The van der Waals surface area contributed by atoms with Crippen LogP contribution in [0, 0.1) is 5.92 Å². The van der Waals surface area contributed by atoms with Gasteiger partial charge in [0.1, 0.15) is 11.5 Å². The van der Waals surface area contributed by atoms with Crippen molar-refractivity contribution in [3.63, 3.8) is 0 Å². The third kappa shape index (κ3) is 7.62. The van der Waals surface area contributed by atoms with Gasteiger partial charge < -0.3 is 19.5 Å². The van der Waals surface area contributed by atoms with Crippen LogP contribution in [0.4, 0.5) is 0 Å². The fourth-order valence-corrected chi connectivity index (χ4v) is 3.00. The van der Waals surface area contributed by atoms with E-state index in [1.807, 2.05) is 24.3 Å². The van der Waals surface area contributed by atoms with Crippen LogP contribution in [0.3, 0.4) is 0 Å². The Morgan fingerprint density at radius 2 is 2.04 bits per heavy atom. The van der Waals surface area contributed by atoms with Crippen LogP contribution >= 0.6 is 0 Å². The summed E-state index contributed by atoms with van der Waals surface area (Å²) in [4.78, 5) is 14.4. The van der Waals surface area contributed by atoms with E-state index >= 15 is 0 Å². The Morgan fingerprint density at radius 1 is 1.31 bits per heavy atom. The Hall–Kier alpha value is -1.79. The predicted molar refractivity (Wildman–Crippen MR) is 102 cm³/mol. The largest absolute Gasteiger partial charge is 0.497 e. The minimum absolute atomic E-state index is 0.0490. The number of nitrogens with one attached hydrogen (secondary N) is 1. The lowest BCUT2D eigenvalue weighted by molar-refractivity contribution is -0.122. The Bertz CT molecular complexity index is 533. The number of carbonyl (C=O) groups is 1. The maximum Gasteiger partial charge on any atom is 0.220 e. The van der Waals surface area contributed by atoms with Crippen molar-refractivity contribution in [2.45, 2.75) is 32.8 Å². The summed E-state index contributed by atoms with van der Waals surface area (Å²) in [7, 11) is 1.63. The molecule has 1 heterocycles. The monoisotopic (exact) mass is 364 g/mol. The highest BCUT2D eigenvalue weighted by molar-refractivity contribution is 5.75. The van der Waals surface area contributed by atoms with Gasteiger partial charge in [-0.2, -0.15) is 0 Å². The van der Waals surface area contributed by atoms with Crippen LogP contribution in [0.15, 0.2) is 24.3 Å². The van der Waals surface area contributed by atoms with Gasteiger partial charge in [-0.1, -0.05) is 13.8 Å². The molecule has 0 aromatic heterocycles. The minimum Gasteiger partial charge on any atom is -0.497 e. The van der Waals surface area contributed by atoms with Gasteiger partial charge >= 0.3 is 0 Å². The maximum absolute atomic E-state index is 12.0. The number of amides is 1. The van der Waals surface area contributed by atoms with E-state index in [0.29, 0.717) is 31.9 Å². The van der Waals surface area contributed by atoms with Crippen LogP contribution in [0.1, 0.15) is 26.7 Å². The van der Waals surface area contributed by atoms with Gasteiger partial charge in [-0.3, -0.25) is 9.69 Å². The van der Waals surface area contributed by atoms with Crippen molar-refractivity contribution < 1.29 is 19.0 Å². The molecule has 1 saturated heterocycles. The second-order valence-electron chi connectivity index (χ2n) is 7.08. The van der Waals surface area contributed by atoms with Gasteiger partial charge in [0.05, 0.1) is 26.4 Å². The van der Waals surface area contributed by atoms with Gasteiger partial charge in [0.2, 0.25) is 5.91 Å². The van der Waals surface area contributed by atoms with Crippen molar-refractivity contribution in [3.8, 4) is 11.5 Å². The topological polar surface area (TPSA) is 60.0 Å². The van der Waals surface area contributed by atoms with Crippen molar-refractivity contribution in [3.05, 3.63) is 24.3 Å². The van der Waals surface area contributed by atoms with E-state index in [1.165, 1.54) is 0 Å². The molecule has 1 aromatic rings. The van der Waals surface area contributed by atoms with Crippen LogP contribution in [0.25, 0.3) is 0 Å². The molecule has 1 aliphatic heterocycles. The summed E-state index contributed by atoms with van der Waals surface area (Å²) in [6.07, 6.45) is 1.23. The van der Waals surface area contributed by atoms with E-state index in [1.54, 1.807) is 7.11 Å². The fraction of sp³-hybridized carbons (Fsp3) is 0.650. The quantitative estimate of drug-likeness (QED) is 0.646. The second kappa shape index (κ2) is 11.0. The van der Waals surface area contributed by atoms with Crippen LogP contribution in [0.2, 0.25) is 0 Å². The molecule has 146 valence electrons. The van der Waals surface area contributed by atoms with Crippen LogP contribution in [-0.4, -0.2) is 63.4 Å². The average molecular weight is 364 g/mol. The molecule has 1 aromatic carbocycles. The number of morpholine rings is 1. The summed E-state index contributed by atoms with van der Waals surface area (Å²) >= 11 is 0. The van der Waals surface area contributed by atoms with E-state index < -0.39 is 0 Å². The smallest absolute Gasteiger partial charge is 0.220 e. The summed E-state index contributed by atoms with van der Waals surface area (Å²) in [6.45, 7) is 9.22. The second-order valence-corrected chi connectivity index (χ2v) is 7.08. The predicted octanol–water partition coefficient (Wildman–Crippen LogP) is 2.33. The molecule has 6 nitrogen and oxygen atoms in total. The molecule has 1 fully saturated rings. The third-order valence-corrected chi connectivity index (χ3v) is 4.25. The van der Waals surface area contributed by atoms with Gasteiger partial charge in [-0.05, 0) is 36.6 Å². The molecule has 2 rings (SSSR count). The van der Waals surface area contributed by atoms with Gasteiger partial charge in [0.25, 0.3) is 0 Å². The number of methoxy groups -OCH3 is 1. The van der Waals surface area contributed by atoms with Crippen molar-refractivity contribution in [1.82, 2.24) is 10.2 Å². The first kappa shape index (κ1) is 20.5. The Morgan fingerprint density at radius 3 is 2.73 bits per heavy atom. The number of hydrogen-bond donors (Lipinski definition) is 1. The fourth-order valence-electron chi connectivity index (χ4n) is 3.00. The lowest BCUT2D eigenvalue weighted by Crippen LogP contribution is -2.48. The van der Waals surface area contributed by atoms with Crippen LogP contribution < -0.4 is 14.8 Å². The number of carbonyl (C=O) groups excluding carboxylic acids is 1. The van der Waals surface area contributed by atoms with E-state index in [0.717, 1.165) is 37.7 Å². The van der Waals surface area contributed by atoms with E-state index in [2.05, 4.69) is 24.1 Å². The first-order chi connectivity index (χ1) is 12.6. The summed E-state index contributed by atoms with van der Waals surface area (Å²) < 4.78 is 16.5. The normalized spacial score (nSPS) is 17.9. The Balaban J connectivity index is 1.57. The number of ether oxygens (including phenoxy) is 3. The molecular weight excluding hydrogens is 332 g/mol. The molecule has 0 saturated carbocycles. The van der Waals surface area contributed by atoms with Crippen molar-refractivity contribution in [2.75, 3.05) is 46.5 Å². The maximum atomic E-state index is 12.0. The first-order valence-electron chi connectivity index (χ1n) is 9.44. The number of rotatable bonds is 10. The molecule has 1 N–H and O–H groups in total. The molecule has 1 unspecified atom stereocenters. The molecule has 1 aliphatic rings. The molecule has 0 radical (unpaired) electrons. The Kier molecular flexibility index (Phi) is 8.71. The SMILES string of the molecule is COc1ccc(OCCCC(=O)NCC2CN(CC(C)C)CCO2)cc1. The van der Waals surface area contributed by atoms with Gasteiger partial charge in [0, 0.05) is 32.6 Å². The standard InChI is InChI=1S/C20H32N2O4/c1-16(2)14-22-10-12-26-19(15-22)13-21-20(23)5-4-11-25-18-8-6-17(24-3)7-9-18/h6-9,16,19H,4-5,10-15H2,1-3H3,(H,21,23). The van der Waals surface area contributed by atoms with Gasteiger partial charge in [0.15, 0.2) is 0 Å². The minimum atomic E-state index is 0.0490. The third-order valence-electron chi connectivity index (χ3n) is 4.25. The zero-order valence-corrected chi connectivity index (χ0v) is 16.2. The van der Waals surface area contributed by atoms with Crippen LogP contribution in [0.5, 0.6) is 11.5 Å². The zero-order chi connectivity index (χ0) is 18.8.